The summed E-state index contributed by atoms with van der Waals surface area (Å²) in [5, 5.41) is 0.287. The van der Waals surface area contributed by atoms with Crippen LogP contribution in [0, 0.1) is 12.7 Å². The maximum Gasteiger partial charge on any atom is 0.168 e. The molecule has 1 aromatic carbocycles. The van der Waals surface area contributed by atoms with Crippen LogP contribution < -0.4 is 0 Å². The molecule has 0 fully saturated rings. The molecule has 0 saturated carbocycles. The maximum atomic E-state index is 13.6. The molecule has 2 aromatic rings. The molecule has 2 rings (SSSR count). The molecule has 0 spiro atoms. The molecule has 0 amide bonds. The number of thiophene rings is 1. The van der Waals surface area contributed by atoms with E-state index < -0.39 is 5.82 Å². The van der Waals surface area contributed by atoms with Gasteiger partial charge in [0.2, 0.25) is 0 Å². The molecule has 1 heterocycles. The van der Waals surface area contributed by atoms with E-state index in [9.17, 15) is 9.18 Å². The molecule has 1 aromatic heterocycles. The predicted octanol–water partition coefficient (Wildman–Crippen LogP) is 5.04. The Labute approximate surface area is 122 Å². The molecule has 5 heteroatoms. The number of halogens is 3. The fourth-order valence-electron chi connectivity index (χ4n) is 1.68. The summed E-state index contributed by atoms with van der Waals surface area (Å²) in [6.07, 6.45) is -0.0183. The van der Waals surface area contributed by atoms with Crippen molar-refractivity contribution in [3.63, 3.8) is 0 Å². The van der Waals surface area contributed by atoms with E-state index >= 15 is 0 Å². The SMILES string of the molecule is Cc1sc(Br)cc1C(=O)Cc1c(F)cccc1Cl. The number of aryl methyl sites for hydroxylation is 1. The number of ketones is 1. The van der Waals surface area contributed by atoms with Gasteiger partial charge in [0.15, 0.2) is 5.78 Å². The van der Waals surface area contributed by atoms with Crippen molar-refractivity contribution in [1.29, 1.82) is 0 Å². The number of carbonyl (C=O) groups excluding carboxylic acids is 1. The van der Waals surface area contributed by atoms with Gasteiger partial charge in [0, 0.05) is 27.4 Å². The minimum Gasteiger partial charge on any atom is -0.294 e. The molecule has 18 heavy (non-hydrogen) atoms. The second-order valence-electron chi connectivity index (χ2n) is 3.82. The summed E-state index contributed by atoms with van der Waals surface area (Å²) >= 11 is 10.7. The van der Waals surface area contributed by atoms with E-state index in [1.165, 1.54) is 23.5 Å². The molecule has 0 N–H and O–H groups in total. The third-order valence-corrected chi connectivity index (χ3v) is 4.49. The van der Waals surface area contributed by atoms with Crippen LogP contribution in [0.15, 0.2) is 28.1 Å². The number of hydrogen-bond acceptors (Lipinski definition) is 2. The van der Waals surface area contributed by atoms with Crippen molar-refractivity contribution in [2.75, 3.05) is 0 Å². The fourth-order valence-corrected chi connectivity index (χ4v) is 3.62. The van der Waals surface area contributed by atoms with Gasteiger partial charge in [0.05, 0.1) is 3.79 Å². The molecular weight excluding hydrogens is 339 g/mol. The first-order chi connectivity index (χ1) is 8.49. The molecule has 94 valence electrons. The highest BCUT2D eigenvalue weighted by Gasteiger charge is 2.16. The van der Waals surface area contributed by atoms with E-state index in [-0.39, 0.29) is 22.8 Å². The van der Waals surface area contributed by atoms with Crippen LogP contribution in [0.5, 0.6) is 0 Å². The molecule has 0 aliphatic heterocycles. The molecule has 0 bridgehead atoms. The molecule has 0 aliphatic carbocycles. The molecule has 0 saturated heterocycles. The summed E-state index contributed by atoms with van der Waals surface area (Å²) < 4.78 is 14.5. The van der Waals surface area contributed by atoms with E-state index in [1.54, 1.807) is 12.1 Å². The number of carbonyl (C=O) groups is 1. The summed E-state index contributed by atoms with van der Waals surface area (Å²) in [4.78, 5) is 13.0. The Bertz CT molecular complexity index is 589. The molecule has 0 unspecified atom stereocenters. The van der Waals surface area contributed by atoms with Gasteiger partial charge >= 0.3 is 0 Å². The Morgan fingerprint density at radius 1 is 1.50 bits per heavy atom. The van der Waals surface area contributed by atoms with Crippen LogP contribution in [0.2, 0.25) is 5.02 Å². The quantitative estimate of drug-likeness (QED) is 0.711. The van der Waals surface area contributed by atoms with Crippen LogP contribution in [0.4, 0.5) is 4.39 Å². The van der Waals surface area contributed by atoms with E-state index in [0.717, 1.165) is 8.66 Å². The van der Waals surface area contributed by atoms with Crippen LogP contribution in [0.3, 0.4) is 0 Å². The average Bonchev–Trinajstić information content (AvgIpc) is 2.63. The first kappa shape index (κ1) is 13.7. The smallest absolute Gasteiger partial charge is 0.168 e. The standard InChI is InChI=1S/C13H9BrClFOS/c1-7-8(6-13(14)18-7)12(17)5-9-10(15)3-2-4-11(9)16/h2-4,6H,5H2,1H3. The summed E-state index contributed by atoms with van der Waals surface area (Å²) in [5.74, 6) is -0.566. The highest BCUT2D eigenvalue weighted by Crippen LogP contribution is 2.28. The number of benzene rings is 1. The molecule has 0 aliphatic rings. The average molecular weight is 348 g/mol. The predicted molar refractivity (Wildman–Crippen MR) is 76.2 cm³/mol. The Morgan fingerprint density at radius 3 is 2.78 bits per heavy atom. The van der Waals surface area contributed by atoms with Crippen molar-refractivity contribution >= 4 is 44.7 Å². The number of rotatable bonds is 3. The summed E-state index contributed by atoms with van der Waals surface area (Å²) in [6.45, 7) is 1.87. The van der Waals surface area contributed by atoms with E-state index in [1.807, 2.05) is 6.92 Å². The van der Waals surface area contributed by atoms with E-state index in [2.05, 4.69) is 15.9 Å². The Kier molecular flexibility index (Phi) is 4.20. The van der Waals surface area contributed by atoms with E-state index in [4.69, 9.17) is 11.6 Å². The third-order valence-electron chi connectivity index (χ3n) is 2.59. The summed E-state index contributed by atoms with van der Waals surface area (Å²) in [5.41, 5.74) is 0.872. The molecular formula is C13H9BrClFOS. The van der Waals surface area contributed by atoms with Crippen molar-refractivity contribution in [3.05, 3.63) is 54.9 Å². The molecule has 0 atom stereocenters. The molecule has 1 nitrogen and oxygen atoms in total. The maximum absolute atomic E-state index is 13.6. The van der Waals surface area contributed by atoms with Gasteiger partial charge in [-0.05, 0) is 41.1 Å². The second-order valence-corrected chi connectivity index (χ2v) is 6.86. The van der Waals surface area contributed by atoms with Gasteiger partial charge in [-0.3, -0.25) is 4.79 Å². The minimum atomic E-state index is -0.442. The lowest BCUT2D eigenvalue weighted by Gasteiger charge is -2.04. The Balaban J connectivity index is 2.30. The van der Waals surface area contributed by atoms with Crippen LogP contribution >= 0.6 is 38.9 Å². The minimum absolute atomic E-state index is 0.0183. The monoisotopic (exact) mass is 346 g/mol. The third kappa shape index (κ3) is 2.82. The van der Waals surface area contributed by atoms with Crippen LogP contribution in [0.1, 0.15) is 20.8 Å². The largest absolute Gasteiger partial charge is 0.294 e. The zero-order chi connectivity index (χ0) is 13.3. The zero-order valence-electron chi connectivity index (χ0n) is 9.47. The fraction of sp³-hybridized carbons (Fsp3) is 0.154. The first-order valence-electron chi connectivity index (χ1n) is 5.21. The normalized spacial score (nSPS) is 10.7. The summed E-state index contributed by atoms with van der Waals surface area (Å²) in [6, 6.07) is 6.18. The first-order valence-corrected chi connectivity index (χ1v) is 7.20. The van der Waals surface area contributed by atoms with Gasteiger partial charge in [0.25, 0.3) is 0 Å². The van der Waals surface area contributed by atoms with Crippen LogP contribution in [-0.4, -0.2) is 5.78 Å². The summed E-state index contributed by atoms with van der Waals surface area (Å²) in [7, 11) is 0. The molecule has 0 radical (unpaired) electrons. The topological polar surface area (TPSA) is 17.1 Å². The van der Waals surface area contributed by atoms with Crippen molar-refractivity contribution in [2.24, 2.45) is 0 Å². The van der Waals surface area contributed by atoms with Crippen molar-refractivity contribution in [2.45, 2.75) is 13.3 Å². The lowest BCUT2D eigenvalue weighted by atomic mass is 10.0. The zero-order valence-corrected chi connectivity index (χ0v) is 12.6. The van der Waals surface area contributed by atoms with Crippen LogP contribution in [-0.2, 0) is 6.42 Å². The lowest BCUT2D eigenvalue weighted by Crippen LogP contribution is -2.06. The van der Waals surface area contributed by atoms with Gasteiger partial charge in [-0.2, -0.15) is 0 Å². The van der Waals surface area contributed by atoms with Gasteiger partial charge in [-0.1, -0.05) is 17.7 Å². The Morgan fingerprint density at radius 2 is 2.22 bits per heavy atom. The van der Waals surface area contributed by atoms with Crippen LogP contribution in [0.25, 0.3) is 0 Å². The second kappa shape index (κ2) is 5.51. The lowest BCUT2D eigenvalue weighted by molar-refractivity contribution is 0.0991. The van der Waals surface area contributed by atoms with Gasteiger partial charge in [-0.25, -0.2) is 4.39 Å². The van der Waals surface area contributed by atoms with Crippen molar-refractivity contribution < 1.29 is 9.18 Å². The Hall–Kier alpha value is -0.710. The van der Waals surface area contributed by atoms with Crippen molar-refractivity contribution in [1.82, 2.24) is 0 Å². The number of Topliss-reactive ketones (excluding diaryl/α,β-unsaturated/α-hetero) is 1. The van der Waals surface area contributed by atoms with Gasteiger partial charge in [0.1, 0.15) is 5.82 Å². The van der Waals surface area contributed by atoms with E-state index in [0.29, 0.717) is 5.56 Å². The highest BCUT2D eigenvalue weighted by molar-refractivity contribution is 9.11. The number of hydrogen-bond donors (Lipinski definition) is 0. The van der Waals surface area contributed by atoms with Gasteiger partial charge < -0.3 is 0 Å². The highest BCUT2D eigenvalue weighted by atomic mass is 79.9. The van der Waals surface area contributed by atoms with Gasteiger partial charge in [-0.15, -0.1) is 11.3 Å². The van der Waals surface area contributed by atoms with Crippen molar-refractivity contribution in [3.8, 4) is 0 Å².